The number of nitrogens with zero attached hydrogens (tertiary/aromatic N) is 4. The molecule has 2 aromatic heterocycles. The van der Waals surface area contributed by atoms with E-state index in [1.54, 1.807) is 11.3 Å². The largest absolute Gasteiger partial charge is 0.368 e. The molecule has 7 heteroatoms. The standard InChI is InChI=1S/C19H20BrClN4S/c1-2-3-16-18-17(15(20)12-26-18)23-19(22-16)25-10-8-24(9-11-25)14-6-4-13(21)5-7-14/h4-7,12H,2-3,8-11H2,1H3. The molecule has 1 saturated heterocycles. The van der Waals surface area contributed by atoms with Crippen LogP contribution in [0.3, 0.4) is 0 Å². The van der Waals surface area contributed by atoms with Crippen molar-refractivity contribution in [1.29, 1.82) is 0 Å². The fourth-order valence-corrected chi connectivity index (χ4v) is 5.01. The Bertz CT molecular complexity index is 904. The first-order valence-corrected chi connectivity index (χ1v) is 10.9. The number of anilines is 2. The van der Waals surface area contributed by atoms with Crippen molar-refractivity contribution in [1.82, 2.24) is 9.97 Å². The number of hydrogen-bond donors (Lipinski definition) is 0. The van der Waals surface area contributed by atoms with Crippen molar-refractivity contribution < 1.29 is 0 Å². The number of thiophene rings is 1. The Labute approximate surface area is 170 Å². The number of benzene rings is 1. The molecule has 0 saturated carbocycles. The maximum atomic E-state index is 6.00. The van der Waals surface area contributed by atoms with E-state index in [-0.39, 0.29) is 0 Å². The fraction of sp³-hybridized carbons (Fsp3) is 0.368. The normalized spacial score (nSPS) is 15.0. The van der Waals surface area contributed by atoms with Crippen LogP contribution in [-0.2, 0) is 6.42 Å². The van der Waals surface area contributed by atoms with Gasteiger partial charge in [-0.1, -0.05) is 24.9 Å². The third kappa shape index (κ3) is 3.55. The van der Waals surface area contributed by atoms with Gasteiger partial charge in [-0.15, -0.1) is 11.3 Å². The van der Waals surface area contributed by atoms with Crippen LogP contribution in [0, 0.1) is 0 Å². The van der Waals surface area contributed by atoms with Crippen LogP contribution in [-0.4, -0.2) is 36.1 Å². The van der Waals surface area contributed by atoms with Gasteiger partial charge in [-0.25, -0.2) is 9.97 Å². The molecule has 0 spiro atoms. The molecule has 1 fully saturated rings. The van der Waals surface area contributed by atoms with Gasteiger partial charge in [-0.2, -0.15) is 0 Å². The van der Waals surface area contributed by atoms with Crippen LogP contribution in [0.5, 0.6) is 0 Å². The molecule has 0 radical (unpaired) electrons. The van der Waals surface area contributed by atoms with Crippen LogP contribution in [0.4, 0.5) is 11.6 Å². The van der Waals surface area contributed by atoms with E-state index in [1.165, 1.54) is 16.1 Å². The first-order valence-electron chi connectivity index (χ1n) is 8.85. The van der Waals surface area contributed by atoms with Crippen molar-refractivity contribution in [2.45, 2.75) is 19.8 Å². The van der Waals surface area contributed by atoms with Crippen LogP contribution in [0.15, 0.2) is 34.1 Å². The molecule has 3 aromatic rings. The van der Waals surface area contributed by atoms with Gasteiger partial charge in [0.25, 0.3) is 0 Å². The summed E-state index contributed by atoms with van der Waals surface area (Å²) in [6.45, 7) is 5.94. The highest BCUT2D eigenvalue weighted by Crippen LogP contribution is 2.33. The molecule has 1 aliphatic heterocycles. The molecule has 0 amide bonds. The van der Waals surface area contributed by atoms with Crippen molar-refractivity contribution in [2.75, 3.05) is 36.0 Å². The van der Waals surface area contributed by atoms with Crippen LogP contribution in [0.25, 0.3) is 10.2 Å². The number of aryl methyl sites for hydroxylation is 1. The van der Waals surface area contributed by atoms with Gasteiger partial charge in [0.1, 0.15) is 5.52 Å². The lowest BCUT2D eigenvalue weighted by Gasteiger charge is -2.36. The Kier molecular flexibility index (Phi) is 5.34. The van der Waals surface area contributed by atoms with Gasteiger partial charge in [0.2, 0.25) is 5.95 Å². The van der Waals surface area contributed by atoms with E-state index < -0.39 is 0 Å². The average molecular weight is 452 g/mol. The lowest BCUT2D eigenvalue weighted by atomic mass is 10.2. The van der Waals surface area contributed by atoms with Gasteiger partial charge in [-0.3, -0.25) is 0 Å². The average Bonchev–Trinajstić information content (AvgIpc) is 3.04. The van der Waals surface area contributed by atoms with E-state index in [4.69, 9.17) is 21.6 Å². The molecule has 3 heterocycles. The summed E-state index contributed by atoms with van der Waals surface area (Å²) >= 11 is 11.4. The summed E-state index contributed by atoms with van der Waals surface area (Å²) in [5.41, 5.74) is 3.43. The second-order valence-corrected chi connectivity index (χ2v) is 8.60. The molecular weight excluding hydrogens is 432 g/mol. The molecule has 1 aliphatic rings. The number of halogens is 2. The quantitative estimate of drug-likeness (QED) is 0.532. The van der Waals surface area contributed by atoms with Crippen LogP contribution in [0.1, 0.15) is 19.0 Å². The van der Waals surface area contributed by atoms with Crippen LogP contribution in [0.2, 0.25) is 5.02 Å². The summed E-state index contributed by atoms with van der Waals surface area (Å²) < 4.78 is 2.28. The zero-order valence-corrected chi connectivity index (χ0v) is 17.7. The number of hydrogen-bond acceptors (Lipinski definition) is 5. The van der Waals surface area contributed by atoms with Gasteiger partial charge >= 0.3 is 0 Å². The maximum Gasteiger partial charge on any atom is 0.226 e. The van der Waals surface area contributed by atoms with E-state index >= 15 is 0 Å². The molecule has 0 atom stereocenters. The molecule has 1 aromatic carbocycles. The minimum Gasteiger partial charge on any atom is -0.368 e. The van der Waals surface area contributed by atoms with E-state index in [1.807, 2.05) is 12.1 Å². The molecule has 0 aliphatic carbocycles. The number of rotatable bonds is 4. The van der Waals surface area contributed by atoms with E-state index in [0.29, 0.717) is 0 Å². The Hall–Kier alpha value is -1.37. The highest BCUT2D eigenvalue weighted by Gasteiger charge is 2.21. The Balaban J connectivity index is 1.55. The minimum absolute atomic E-state index is 0.777. The molecule has 26 heavy (non-hydrogen) atoms. The van der Waals surface area contributed by atoms with Crippen molar-refractivity contribution in [3.63, 3.8) is 0 Å². The monoisotopic (exact) mass is 450 g/mol. The lowest BCUT2D eigenvalue weighted by molar-refractivity contribution is 0.639. The minimum atomic E-state index is 0.777. The number of piperazine rings is 1. The topological polar surface area (TPSA) is 32.3 Å². The zero-order chi connectivity index (χ0) is 18.1. The summed E-state index contributed by atoms with van der Waals surface area (Å²) in [5.74, 6) is 0.857. The highest BCUT2D eigenvalue weighted by atomic mass is 79.9. The van der Waals surface area contributed by atoms with Gasteiger partial charge < -0.3 is 9.80 Å². The van der Waals surface area contributed by atoms with E-state index in [9.17, 15) is 0 Å². The van der Waals surface area contributed by atoms with E-state index in [2.05, 4.69) is 50.2 Å². The third-order valence-electron chi connectivity index (χ3n) is 4.67. The molecule has 136 valence electrons. The third-order valence-corrected chi connectivity index (χ3v) is 6.85. The molecular formula is C19H20BrClN4S. The molecule has 4 nitrogen and oxygen atoms in total. The van der Waals surface area contributed by atoms with Crippen molar-refractivity contribution in [3.05, 3.63) is 44.8 Å². The van der Waals surface area contributed by atoms with Crippen molar-refractivity contribution >= 4 is 60.7 Å². The summed E-state index contributed by atoms with van der Waals surface area (Å²) in [7, 11) is 0. The van der Waals surface area contributed by atoms with Gasteiger partial charge in [0.15, 0.2) is 0 Å². The SMILES string of the molecule is CCCc1nc(N2CCN(c3ccc(Cl)cc3)CC2)nc2c(Br)csc12. The summed E-state index contributed by atoms with van der Waals surface area (Å²) in [6.07, 6.45) is 2.08. The highest BCUT2D eigenvalue weighted by molar-refractivity contribution is 9.10. The van der Waals surface area contributed by atoms with Crippen molar-refractivity contribution in [2.24, 2.45) is 0 Å². The van der Waals surface area contributed by atoms with Gasteiger partial charge in [0.05, 0.1) is 14.9 Å². The lowest BCUT2D eigenvalue weighted by Crippen LogP contribution is -2.47. The predicted molar refractivity (Wildman–Crippen MR) is 115 cm³/mol. The Morgan fingerprint density at radius 3 is 2.46 bits per heavy atom. The fourth-order valence-electron chi connectivity index (χ4n) is 3.30. The smallest absolute Gasteiger partial charge is 0.226 e. The molecule has 4 rings (SSSR count). The van der Waals surface area contributed by atoms with Crippen LogP contribution >= 0.6 is 38.9 Å². The summed E-state index contributed by atoms with van der Waals surface area (Å²) in [6, 6.07) is 8.07. The first-order chi connectivity index (χ1) is 12.7. The first kappa shape index (κ1) is 18.0. The second-order valence-electron chi connectivity index (χ2n) is 6.43. The Morgan fingerprint density at radius 2 is 1.77 bits per heavy atom. The number of fused-ring (bicyclic) bond motifs is 1. The summed E-state index contributed by atoms with van der Waals surface area (Å²) in [4.78, 5) is 14.4. The molecule has 0 N–H and O–H groups in total. The Morgan fingerprint density at radius 1 is 1.08 bits per heavy atom. The zero-order valence-electron chi connectivity index (χ0n) is 14.6. The van der Waals surface area contributed by atoms with E-state index in [0.717, 1.165) is 60.0 Å². The van der Waals surface area contributed by atoms with Crippen LogP contribution < -0.4 is 9.80 Å². The number of aromatic nitrogens is 2. The second kappa shape index (κ2) is 7.71. The van der Waals surface area contributed by atoms with Crippen molar-refractivity contribution in [3.8, 4) is 0 Å². The van der Waals surface area contributed by atoms with Gasteiger partial charge in [0, 0.05) is 42.3 Å². The molecule has 0 unspecified atom stereocenters. The molecule has 0 bridgehead atoms. The summed E-state index contributed by atoms with van der Waals surface area (Å²) in [5, 5.41) is 2.89. The van der Waals surface area contributed by atoms with Gasteiger partial charge in [-0.05, 0) is 46.6 Å². The predicted octanol–water partition coefficient (Wildman–Crippen LogP) is 5.39. The maximum absolute atomic E-state index is 6.00.